The molecule has 8 heteroatoms. The normalized spacial score (nSPS) is 18.1. The number of likely N-dealkylation sites (tertiary alicyclic amines) is 1. The monoisotopic (exact) mass is 340 g/mol. The molecule has 7 nitrogen and oxygen atoms in total. The van der Waals surface area contributed by atoms with Crippen molar-refractivity contribution < 1.29 is 23.1 Å². The zero-order valence-corrected chi connectivity index (χ0v) is 13.7. The largest absolute Gasteiger partial charge is 0.478 e. The highest BCUT2D eigenvalue weighted by Gasteiger charge is 2.27. The number of aryl methyl sites for hydroxylation is 1. The van der Waals surface area contributed by atoms with Crippen LogP contribution in [0.1, 0.15) is 28.8 Å². The molecular formula is C15H20N2O5S. The van der Waals surface area contributed by atoms with Crippen LogP contribution in [0, 0.1) is 0 Å². The van der Waals surface area contributed by atoms with E-state index in [2.05, 4.69) is 4.72 Å². The minimum atomic E-state index is -3.26. The number of aromatic carboxylic acids is 1. The van der Waals surface area contributed by atoms with Gasteiger partial charge >= 0.3 is 5.97 Å². The van der Waals surface area contributed by atoms with Crippen LogP contribution < -0.4 is 4.72 Å². The lowest BCUT2D eigenvalue weighted by Gasteiger charge is -2.16. The predicted octanol–water partition coefficient (Wildman–Crippen LogP) is 0.468. The van der Waals surface area contributed by atoms with E-state index in [9.17, 15) is 18.0 Å². The molecule has 0 spiro atoms. The maximum absolute atomic E-state index is 12.2. The summed E-state index contributed by atoms with van der Waals surface area (Å²) >= 11 is 0. The average molecular weight is 340 g/mol. The Morgan fingerprint density at radius 1 is 1.30 bits per heavy atom. The van der Waals surface area contributed by atoms with E-state index >= 15 is 0 Å². The van der Waals surface area contributed by atoms with E-state index < -0.39 is 16.0 Å². The zero-order valence-electron chi connectivity index (χ0n) is 12.9. The fourth-order valence-corrected chi connectivity index (χ4v) is 3.41. The predicted molar refractivity (Wildman–Crippen MR) is 84.7 cm³/mol. The third-order valence-electron chi connectivity index (χ3n) is 3.75. The summed E-state index contributed by atoms with van der Waals surface area (Å²) in [6.07, 6.45) is 2.57. The molecule has 1 saturated heterocycles. The Morgan fingerprint density at radius 2 is 1.96 bits per heavy atom. The van der Waals surface area contributed by atoms with Crippen LogP contribution in [0.25, 0.3) is 0 Å². The van der Waals surface area contributed by atoms with Gasteiger partial charge in [-0.1, -0.05) is 12.1 Å². The SMILES string of the molecule is CS(=O)(=O)N[C@H]1CCN(C(=O)CCc2ccc(C(=O)O)cc2)C1. The number of carboxylic acid groups (broad SMARTS) is 1. The summed E-state index contributed by atoms with van der Waals surface area (Å²) in [5, 5.41) is 8.83. The molecule has 1 aliphatic rings. The van der Waals surface area contributed by atoms with Gasteiger partial charge in [-0.3, -0.25) is 4.79 Å². The van der Waals surface area contributed by atoms with Crippen LogP contribution in [-0.2, 0) is 21.2 Å². The van der Waals surface area contributed by atoms with Crippen molar-refractivity contribution in [1.29, 1.82) is 0 Å². The molecule has 0 aromatic heterocycles. The molecule has 1 aromatic carbocycles. The highest BCUT2D eigenvalue weighted by atomic mass is 32.2. The summed E-state index contributed by atoms with van der Waals surface area (Å²) in [5.74, 6) is -1.00. The van der Waals surface area contributed by atoms with Crippen LogP contribution in [0.4, 0.5) is 0 Å². The second-order valence-corrected chi connectivity index (χ2v) is 7.50. The summed E-state index contributed by atoms with van der Waals surface area (Å²) in [5.41, 5.74) is 1.11. The van der Waals surface area contributed by atoms with Gasteiger partial charge < -0.3 is 10.0 Å². The topological polar surface area (TPSA) is 104 Å². The maximum atomic E-state index is 12.2. The smallest absolute Gasteiger partial charge is 0.335 e. The third kappa shape index (κ3) is 5.33. The highest BCUT2D eigenvalue weighted by molar-refractivity contribution is 7.88. The maximum Gasteiger partial charge on any atom is 0.335 e. The van der Waals surface area contributed by atoms with E-state index in [1.165, 1.54) is 12.1 Å². The zero-order chi connectivity index (χ0) is 17.0. The highest BCUT2D eigenvalue weighted by Crippen LogP contribution is 2.13. The van der Waals surface area contributed by atoms with Gasteiger partial charge in [0.15, 0.2) is 0 Å². The van der Waals surface area contributed by atoms with Crippen LogP contribution in [0.5, 0.6) is 0 Å². The molecule has 126 valence electrons. The van der Waals surface area contributed by atoms with E-state index in [1.807, 2.05) is 0 Å². The van der Waals surface area contributed by atoms with Crippen LogP contribution in [-0.4, -0.2) is 55.7 Å². The van der Waals surface area contributed by atoms with E-state index in [1.54, 1.807) is 17.0 Å². The molecule has 1 atom stereocenters. The molecule has 0 aliphatic carbocycles. The molecule has 2 N–H and O–H groups in total. The second kappa shape index (κ2) is 7.10. The number of amides is 1. The summed E-state index contributed by atoms with van der Waals surface area (Å²) in [7, 11) is -3.26. The summed E-state index contributed by atoms with van der Waals surface area (Å²) in [6.45, 7) is 0.938. The fraction of sp³-hybridized carbons (Fsp3) is 0.467. The number of nitrogens with zero attached hydrogens (tertiary/aromatic N) is 1. The van der Waals surface area contributed by atoms with Crippen molar-refractivity contribution >= 4 is 21.9 Å². The first-order chi connectivity index (χ1) is 10.7. The first kappa shape index (κ1) is 17.4. The average Bonchev–Trinajstić information content (AvgIpc) is 2.91. The molecule has 0 unspecified atom stereocenters. The van der Waals surface area contributed by atoms with Gasteiger partial charge in [0.2, 0.25) is 15.9 Å². The number of rotatable bonds is 6. The van der Waals surface area contributed by atoms with E-state index in [0.29, 0.717) is 32.4 Å². The van der Waals surface area contributed by atoms with Crippen LogP contribution in [0.15, 0.2) is 24.3 Å². The van der Waals surface area contributed by atoms with Gasteiger partial charge in [-0.2, -0.15) is 0 Å². The number of hydrogen-bond acceptors (Lipinski definition) is 4. The van der Waals surface area contributed by atoms with Crippen molar-refractivity contribution in [2.24, 2.45) is 0 Å². The van der Waals surface area contributed by atoms with E-state index in [4.69, 9.17) is 5.11 Å². The number of carbonyl (C=O) groups is 2. The number of hydrogen-bond donors (Lipinski definition) is 2. The lowest BCUT2D eigenvalue weighted by Crippen LogP contribution is -2.37. The molecule has 0 saturated carbocycles. The second-order valence-electron chi connectivity index (χ2n) is 5.72. The molecule has 1 amide bonds. The van der Waals surface area contributed by atoms with Crippen LogP contribution >= 0.6 is 0 Å². The van der Waals surface area contributed by atoms with Crippen molar-refractivity contribution in [1.82, 2.24) is 9.62 Å². The Labute approximate surface area is 135 Å². The van der Waals surface area contributed by atoms with Gasteiger partial charge in [0.25, 0.3) is 0 Å². The van der Waals surface area contributed by atoms with Crippen molar-refractivity contribution in [3.05, 3.63) is 35.4 Å². The van der Waals surface area contributed by atoms with Crippen molar-refractivity contribution in [3.63, 3.8) is 0 Å². The van der Waals surface area contributed by atoms with Gasteiger partial charge in [-0.15, -0.1) is 0 Å². The van der Waals surface area contributed by atoms with Crippen molar-refractivity contribution in [2.75, 3.05) is 19.3 Å². The standard InChI is InChI=1S/C15H20N2O5S/c1-23(21,22)16-13-8-9-17(10-13)14(18)7-4-11-2-5-12(6-3-11)15(19)20/h2-3,5-6,13,16H,4,7-10H2,1H3,(H,19,20)/t13-/m0/s1. The molecule has 23 heavy (non-hydrogen) atoms. The number of benzene rings is 1. The molecule has 0 radical (unpaired) electrons. The third-order valence-corrected chi connectivity index (χ3v) is 4.51. The molecule has 1 fully saturated rings. The first-order valence-corrected chi connectivity index (χ1v) is 9.21. The lowest BCUT2D eigenvalue weighted by atomic mass is 10.1. The molecule has 1 aliphatic heterocycles. The Hall–Kier alpha value is -1.93. The molecule has 1 heterocycles. The summed E-state index contributed by atoms with van der Waals surface area (Å²) in [6, 6.07) is 6.22. The molecule has 0 bridgehead atoms. The lowest BCUT2D eigenvalue weighted by molar-refractivity contribution is -0.130. The molecular weight excluding hydrogens is 320 g/mol. The number of nitrogens with one attached hydrogen (secondary N) is 1. The first-order valence-electron chi connectivity index (χ1n) is 7.32. The number of carboxylic acids is 1. The quantitative estimate of drug-likeness (QED) is 0.783. The van der Waals surface area contributed by atoms with E-state index in [0.717, 1.165) is 11.8 Å². The van der Waals surface area contributed by atoms with Gasteiger partial charge in [0.05, 0.1) is 11.8 Å². The number of sulfonamides is 1. The number of carbonyl (C=O) groups excluding carboxylic acids is 1. The molecule has 1 aromatic rings. The van der Waals surface area contributed by atoms with Gasteiger partial charge in [0.1, 0.15) is 0 Å². The Kier molecular flexibility index (Phi) is 5.38. The van der Waals surface area contributed by atoms with Crippen LogP contribution in [0.3, 0.4) is 0 Å². The van der Waals surface area contributed by atoms with E-state index in [-0.39, 0.29) is 17.5 Å². The van der Waals surface area contributed by atoms with Gasteiger partial charge in [-0.05, 0) is 30.5 Å². The fourth-order valence-electron chi connectivity index (χ4n) is 2.61. The summed E-state index contributed by atoms with van der Waals surface area (Å²) in [4.78, 5) is 24.6. The Balaban J connectivity index is 1.82. The summed E-state index contributed by atoms with van der Waals surface area (Å²) < 4.78 is 24.9. The molecule has 2 rings (SSSR count). The van der Waals surface area contributed by atoms with Gasteiger partial charge in [0, 0.05) is 25.6 Å². The minimum Gasteiger partial charge on any atom is -0.478 e. The van der Waals surface area contributed by atoms with Crippen molar-refractivity contribution in [2.45, 2.75) is 25.3 Å². The van der Waals surface area contributed by atoms with Crippen molar-refractivity contribution in [3.8, 4) is 0 Å². The Morgan fingerprint density at radius 3 is 2.52 bits per heavy atom. The van der Waals surface area contributed by atoms with Gasteiger partial charge in [-0.25, -0.2) is 17.9 Å². The Bertz CT molecular complexity index is 684. The minimum absolute atomic E-state index is 0.0230. The van der Waals surface area contributed by atoms with Crippen LogP contribution in [0.2, 0.25) is 0 Å².